The van der Waals surface area contributed by atoms with Gasteiger partial charge in [0.1, 0.15) is 0 Å². The lowest BCUT2D eigenvalue weighted by atomic mass is 10.2. The molecular weight excluding hydrogens is 182 g/mol. The minimum absolute atomic E-state index is 0.740. The Labute approximate surface area is 91.6 Å². The van der Waals surface area contributed by atoms with Gasteiger partial charge in [-0.2, -0.15) is 0 Å². The maximum absolute atomic E-state index is 5.36. The molecule has 15 heavy (non-hydrogen) atoms. The Balaban J connectivity index is 0.000000162. The lowest BCUT2D eigenvalue weighted by Crippen LogP contribution is -2.01. The molecule has 2 aromatic carbocycles. The zero-order valence-corrected chi connectivity index (χ0v) is 8.84. The topological polar surface area (TPSA) is 26.0 Å². The van der Waals surface area contributed by atoms with Gasteiger partial charge in [-0.3, -0.25) is 0 Å². The minimum atomic E-state index is 0.740. The summed E-state index contributed by atoms with van der Waals surface area (Å²) >= 11 is 0. The molecule has 2 rings (SSSR count). The van der Waals surface area contributed by atoms with Gasteiger partial charge < -0.3 is 5.73 Å². The van der Waals surface area contributed by atoms with Crippen molar-refractivity contribution in [2.75, 3.05) is 6.54 Å². The van der Waals surface area contributed by atoms with Gasteiger partial charge in [0.2, 0.25) is 0 Å². The summed E-state index contributed by atoms with van der Waals surface area (Å²) in [5, 5.41) is 0. The molecular formula is C14H17N. The molecule has 2 aromatic rings. The van der Waals surface area contributed by atoms with E-state index in [9.17, 15) is 0 Å². The summed E-state index contributed by atoms with van der Waals surface area (Å²) < 4.78 is 0. The fourth-order valence-electron chi connectivity index (χ4n) is 1.20. The second-order valence-corrected chi connectivity index (χ2v) is 3.18. The molecule has 1 heteroatoms. The molecule has 78 valence electrons. The van der Waals surface area contributed by atoms with Crippen LogP contribution in [-0.4, -0.2) is 6.54 Å². The van der Waals surface area contributed by atoms with Crippen LogP contribution in [0.5, 0.6) is 0 Å². The second kappa shape index (κ2) is 7.77. The molecule has 0 spiro atoms. The van der Waals surface area contributed by atoms with Crippen LogP contribution in [0.3, 0.4) is 0 Å². The van der Waals surface area contributed by atoms with Gasteiger partial charge in [-0.1, -0.05) is 66.7 Å². The van der Waals surface area contributed by atoms with Crippen LogP contribution in [0.4, 0.5) is 0 Å². The van der Waals surface area contributed by atoms with Crippen molar-refractivity contribution in [1.82, 2.24) is 0 Å². The molecule has 0 aliphatic heterocycles. The SMILES string of the molecule is NCCc1ccccc1.c1ccccc1. The minimum Gasteiger partial charge on any atom is -0.330 e. The van der Waals surface area contributed by atoms with Gasteiger partial charge >= 0.3 is 0 Å². The molecule has 0 aromatic heterocycles. The Morgan fingerprint density at radius 2 is 1.07 bits per heavy atom. The Kier molecular flexibility index (Phi) is 5.95. The third-order valence-corrected chi connectivity index (χ3v) is 1.94. The zero-order chi connectivity index (χ0) is 10.8. The molecule has 0 aliphatic carbocycles. The Morgan fingerprint density at radius 3 is 1.47 bits per heavy atom. The fraction of sp³-hybridized carbons (Fsp3) is 0.143. The van der Waals surface area contributed by atoms with Gasteiger partial charge in [0.25, 0.3) is 0 Å². The lowest BCUT2D eigenvalue weighted by Gasteiger charge is -1.93. The first-order valence-corrected chi connectivity index (χ1v) is 5.17. The summed E-state index contributed by atoms with van der Waals surface area (Å²) in [6.07, 6.45) is 0.987. The van der Waals surface area contributed by atoms with E-state index >= 15 is 0 Å². The highest BCUT2D eigenvalue weighted by molar-refractivity contribution is 5.14. The average Bonchev–Trinajstić information content (AvgIpc) is 2.34. The standard InChI is InChI=1S/C8H11N.C6H6/c9-7-6-8-4-2-1-3-5-8;1-2-4-6-5-3-1/h1-5H,6-7,9H2;1-6H. The van der Waals surface area contributed by atoms with Crippen LogP contribution in [0.15, 0.2) is 66.7 Å². The predicted octanol–water partition coefficient (Wildman–Crippen LogP) is 2.87. The molecule has 0 saturated heterocycles. The maximum atomic E-state index is 5.36. The van der Waals surface area contributed by atoms with Crippen molar-refractivity contribution >= 4 is 0 Å². The Morgan fingerprint density at radius 1 is 0.667 bits per heavy atom. The third-order valence-electron chi connectivity index (χ3n) is 1.94. The first-order valence-electron chi connectivity index (χ1n) is 5.17. The summed E-state index contributed by atoms with van der Waals surface area (Å²) in [5.41, 5.74) is 6.68. The largest absolute Gasteiger partial charge is 0.330 e. The molecule has 0 amide bonds. The maximum Gasteiger partial charge on any atom is -0.00367 e. The fourth-order valence-corrected chi connectivity index (χ4v) is 1.20. The summed E-state index contributed by atoms with van der Waals surface area (Å²) in [6.45, 7) is 0.740. The first kappa shape index (κ1) is 11.5. The van der Waals surface area contributed by atoms with Crippen molar-refractivity contribution in [2.24, 2.45) is 5.73 Å². The van der Waals surface area contributed by atoms with E-state index in [0.29, 0.717) is 0 Å². The van der Waals surface area contributed by atoms with Gasteiger partial charge in [0, 0.05) is 0 Å². The van der Waals surface area contributed by atoms with Gasteiger partial charge in [-0.15, -0.1) is 0 Å². The highest BCUT2D eigenvalue weighted by Crippen LogP contribution is 1.96. The number of hydrogen-bond acceptors (Lipinski definition) is 1. The van der Waals surface area contributed by atoms with Crippen LogP contribution >= 0.6 is 0 Å². The van der Waals surface area contributed by atoms with Crippen molar-refractivity contribution in [3.05, 3.63) is 72.3 Å². The summed E-state index contributed by atoms with van der Waals surface area (Å²) in [7, 11) is 0. The monoisotopic (exact) mass is 199 g/mol. The van der Waals surface area contributed by atoms with Crippen molar-refractivity contribution in [3.63, 3.8) is 0 Å². The van der Waals surface area contributed by atoms with Crippen LogP contribution in [0, 0.1) is 0 Å². The van der Waals surface area contributed by atoms with Gasteiger partial charge in [0.15, 0.2) is 0 Å². The van der Waals surface area contributed by atoms with Crippen LogP contribution in [-0.2, 0) is 6.42 Å². The summed E-state index contributed by atoms with van der Waals surface area (Å²) in [4.78, 5) is 0. The van der Waals surface area contributed by atoms with E-state index in [-0.39, 0.29) is 0 Å². The number of nitrogens with two attached hydrogens (primary N) is 1. The molecule has 2 N–H and O–H groups in total. The molecule has 0 unspecified atom stereocenters. The Bertz CT molecular complexity index is 302. The number of rotatable bonds is 2. The van der Waals surface area contributed by atoms with Gasteiger partial charge in [0.05, 0.1) is 0 Å². The second-order valence-electron chi connectivity index (χ2n) is 3.18. The predicted molar refractivity (Wildman–Crippen MR) is 65.6 cm³/mol. The molecule has 1 nitrogen and oxygen atoms in total. The molecule has 0 fully saturated rings. The zero-order valence-electron chi connectivity index (χ0n) is 8.84. The van der Waals surface area contributed by atoms with E-state index in [0.717, 1.165) is 13.0 Å². The smallest absolute Gasteiger partial charge is 0.00367 e. The van der Waals surface area contributed by atoms with Crippen molar-refractivity contribution in [1.29, 1.82) is 0 Å². The van der Waals surface area contributed by atoms with Gasteiger partial charge in [-0.05, 0) is 18.5 Å². The first-order chi connectivity index (χ1) is 7.43. The summed E-state index contributed by atoms with van der Waals surface area (Å²) in [6, 6.07) is 22.3. The van der Waals surface area contributed by atoms with Crippen LogP contribution in [0.25, 0.3) is 0 Å². The third kappa shape index (κ3) is 5.66. The van der Waals surface area contributed by atoms with Crippen LogP contribution in [0.2, 0.25) is 0 Å². The van der Waals surface area contributed by atoms with Crippen molar-refractivity contribution in [3.8, 4) is 0 Å². The number of hydrogen-bond donors (Lipinski definition) is 1. The van der Waals surface area contributed by atoms with Crippen molar-refractivity contribution < 1.29 is 0 Å². The van der Waals surface area contributed by atoms with E-state index in [1.54, 1.807) is 0 Å². The molecule has 0 bridgehead atoms. The highest BCUT2D eigenvalue weighted by atomic mass is 14.5. The molecule has 0 aliphatic rings. The molecule has 0 atom stereocenters. The van der Waals surface area contributed by atoms with Crippen molar-refractivity contribution in [2.45, 2.75) is 6.42 Å². The van der Waals surface area contributed by atoms with E-state index in [1.807, 2.05) is 54.6 Å². The average molecular weight is 199 g/mol. The van der Waals surface area contributed by atoms with Gasteiger partial charge in [-0.25, -0.2) is 0 Å². The molecule has 0 radical (unpaired) electrons. The lowest BCUT2D eigenvalue weighted by molar-refractivity contribution is 0.969. The van der Waals surface area contributed by atoms with E-state index in [4.69, 9.17) is 5.73 Å². The molecule has 0 heterocycles. The normalized spacial score (nSPS) is 8.87. The highest BCUT2D eigenvalue weighted by Gasteiger charge is 1.84. The van der Waals surface area contributed by atoms with E-state index < -0.39 is 0 Å². The quantitative estimate of drug-likeness (QED) is 0.790. The van der Waals surface area contributed by atoms with Crippen LogP contribution in [0.1, 0.15) is 5.56 Å². The molecule has 0 saturated carbocycles. The van der Waals surface area contributed by atoms with E-state index in [1.165, 1.54) is 5.56 Å². The van der Waals surface area contributed by atoms with E-state index in [2.05, 4.69) is 12.1 Å². The summed E-state index contributed by atoms with van der Waals surface area (Å²) in [5.74, 6) is 0. The Hall–Kier alpha value is -1.60. The van der Waals surface area contributed by atoms with Crippen LogP contribution < -0.4 is 5.73 Å². The number of benzene rings is 2.